The monoisotopic (exact) mass is 522 g/mol. The van der Waals surface area contributed by atoms with Crippen molar-refractivity contribution in [2.45, 2.75) is 38.1 Å². The molecular formula is C21H17ClF6N4OS. The average molecular weight is 523 g/mol. The summed E-state index contributed by atoms with van der Waals surface area (Å²) in [6.07, 6.45) is -5.19. The summed E-state index contributed by atoms with van der Waals surface area (Å²) in [5.41, 5.74) is 6.33. The first-order valence-corrected chi connectivity index (χ1v) is 11.3. The number of hydrogen-bond donors (Lipinski definition) is 1. The highest BCUT2D eigenvalue weighted by molar-refractivity contribution is 7.15. The van der Waals surface area contributed by atoms with E-state index in [-0.39, 0.29) is 53.8 Å². The van der Waals surface area contributed by atoms with Gasteiger partial charge in [0.1, 0.15) is 10.2 Å². The van der Waals surface area contributed by atoms with E-state index in [1.807, 2.05) is 0 Å². The highest BCUT2D eigenvalue weighted by Gasteiger charge is 2.41. The van der Waals surface area contributed by atoms with Crippen molar-refractivity contribution in [3.8, 4) is 11.3 Å². The summed E-state index contributed by atoms with van der Waals surface area (Å²) in [6.45, 7) is -0.318. The highest BCUT2D eigenvalue weighted by atomic mass is 35.5. The number of rotatable bonds is 5. The fourth-order valence-corrected chi connectivity index (χ4v) is 4.83. The zero-order valence-electron chi connectivity index (χ0n) is 17.3. The molecule has 1 aromatic carbocycles. The molecule has 0 aliphatic carbocycles. The Morgan fingerprint density at radius 3 is 2.53 bits per heavy atom. The van der Waals surface area contributed by atoms with Gasteiger partial charge in [-0.05, 0) is 29.5 Å². The Morgan fingerprint density at radius 1 is 1.18 bits per heavy atom. The van der Waals surface area contributed by atoms with Crippen LogP contribution in [0.25, 0.3) is 11.3 Å². The molecule has 1 amide bonds. The first-order valence-electron chi connectivity index (χ1n) is 10.0. The van der Waals surface area contributed by atoms with Crippen LogP contribution in [-0.4, -0.2) is 32.9 Å². The normalized spacial score (nSPS) is 14.9. The fraction of sp³-hybridized carbons (Fsp3) is 0.333. The van der Waals surface area contributed by atoms with Crippen LogP contribution in [0.1, 0.15) is 23.5 Å². The van der Waals surface area contributed by atoms with Crippen molar-refractivity contribution in [2.75, 3.05) is 6.54 Å². The van der Waals surface area contributed by atoms with Gasteiger partial charge in [0.05, 0.1) is 17.9 Å². The third-order valence-electron chi connectivity index (χ3n) is 5.49. The van der Waals surface area contributed by atoms with E-state index in [4.69, 9.17) is 17.3 Å². The second kappa shape index (κ2) is 9.23. The molecule has 2 N–H and O–H groups in total. The number of carbonyl (C=O) groups is 1. The molecule has 0 saturated heterocycles. The third kappa shape index (κ3) is 4.80. The van der Waals surface area contributed by atoms with Crippen molar-refractivity contribution in [3.63, 3.8) is 0 Å². The van der Waals surface area contributed by atoms with Gasteiger partial charge in [0, 0.05) is 37.2 Å². The Hall–Kier alpha value is -2.57. The van der Waals surface area contributed by atoms with Crippen LogP contribution in [0.5, 0.6) is 0 Å². The molecule has 13 heteroatoms. The number of thiophene rings is 1. The van der Waals surface area contributed by atoms with E-state index < -0.39 is 41.4 Å². The maximum Gasteiger partial charge on any atom is 0.449 e. The van der Waals surface area contributed by atoms with E-state index in [9.17, 15) is 31.1 Å². The Labute approximate surface area is 198 Å². The number of benzene rings is 1. The SMILES string of the molecule is N[C@@H](CC(=O)N1CCn2c(C(F)(F)F)nc(-c3ccsc3Cl)c2C1)Cc1cc(F)c(F)cc1F. The Kier molecular flexibility index (Phi) is 6.67. The molecular weight excluding hydrogens is 506 g/mol. The lowest BCUT2D eigenvalue weighted by atomic mass is 10.0. The largest absolute Gasteiger partial charge is 0.449 e. The summed E-state index contributed by atoms with van der Waals surface area (Å²) in [5.74, 6) is -5.10. The number of amides is 1. The molecule has 0 bridgehead atoms. The zero-order chi connectivity index (χ0) is 24.8. The van der Waals surface area contributed by atoms with Crippen molar-refractivity contribution in [1.82, 2.24) is 14.5 Å². The molecule has 0 spiro atoms. The minimum Gasteiger partial charge on any atom is -0.335 e. The number of fused-ring (bicyclic) bond motifs is 1. The average Bonchev–Trinajstić information content (AvgIpc) is 3.34. The number of imidazole rings is 1. The summed E-state index contributed by atoms with van der Waals surface area (Å²) < 4.78 is 82.4. The zero-order valence-corrected chi connectivity index (χ0v) is 18.9. The van der Waals surface area contributed by atoms with E-state index >= 15 is 0 Å². The van der Waals surface area contributed by atoms with E-state index in [2.05, 4.69) is 4.98 Å². The Balaban J connectivity index is 1.53. The van der Waals surface area contributed by atoms with Gasteiger partial charge in [0.25, 0.3) is 0 Å². The molecule has 0 saturated carbocycles. The Bertz CT molecular complexity index is 1240. The number of hydrogen-bond acceptors (Lipinski definition) is 4. The number of alkyl halides is 3. The van der Waals surface area contributed by atoms with Gasteiger partial charge in [-0.15, -0.1) is 11.3 Å². The van der Waals surface area contributed by atoms with E-state index in [0.717, 1.165) is 15.9 Å². The molecule has 3 aromatic rings. The quantitative estimate of drug-likeness (QED) is 0.379. The van der Waals surface area contributed by atoms with Crippen LogP contribution in [-0.2, 0) is 30.5 Å². The van der Waals surface area contributed by atoms with Crippen molar-refractivity contribution in [3.05, 3.63) is 62.4 Å². The molecule has 1 aliphatic heterocycles. The predicted molar refractivity (Wildman–Crippen MR) is 114 cm³/mol. The second-order valence-corrected chi connectivity index (χ2v) is 9.35. The molecule has 1 aliphatic rings. The molecule has 5 nitrogen and oxygen atoms in total. The van der Waals surface area contributed by atoms with Gasteiger partial charge < -0.3 is 15.2 Å². The standard InChI is InChI=1S/C21H17ClF6N4OS/c22-19-12(1-4-34-19)18-16-9-31(2-3-32(16)20(30-18)21(26,27)28)17(33)7-11(29)5-10-6-14(24)15(25)8-13(10)23/h1,4,6,8,11H,2-3,5,7,9,29H2/t11-/m1/s1. The van der Waals surface area contributed by atoms with Gasteiger partial charge in [-0.3, -0.25) is 4.79 Å². The summed E-state index contributed by atoms with van der Waals surface area (Å²) in [5, 5.41) is 1.62. The lowest BCUT2D eigenvalue weighted by molar-refractivity contribution is -0.148. The molecule has 0 fully saturated rings. The van der Waals surface area contributed by atoms with Gasteiger partial charge >= 0.3 is 6.18 Å². The summed E-state index contributed by atoms with van der Waals surface area (Å²) in [4.78, 5) is 18.0. The van der Waals surface area contributed by atoms with Crippen molar-refractivity contribution in [2.24, 2.45) is 5.73 Å². The van der Waals surface area contributed by atoms with Crippen LogP contribution in [0.15, 0.2) is 23.6 Å². The highest BCUT2D eigenvalue weighted by Crippen LogP contribution is 2.39. The topological polar surface area (TPSA) is 64.2 Å². The summed E-state index contributed by atoms with van der Waals surface area (Å²) in [6, 6.07) is 1.73. The van der Waals surface area contributed by atoms with Crippen LogP contribution in [0.2, 0.25) is 4.34 Å². The number of nitrogens with zero attached hydrogens (tertiary/aromatic N) is 3. The first kappa shape index (κ1) is 24.6. The van der Waals surface area contributed by atoms with Crippen LogP contribution >= 0.6 is 22.9 Å². The summed E-state index contributed by atoms with van der Waals surface area (Å²) in [7, 11) is 0. The van der Waals surface area contributed by atoms with Gasteiger partial charge in [0.2, 0.25) is 11.7 Å². The lowest BCUT2D eigenvalue weighted by Gasteiger charge is -2.30. The molecule has 1 atom stereocenters. The molecule has 34 heavy (non-hydrogen) atoms. The molecule has 0 unspecified atom stereocenters. The molecule has 182 valence electrons. The smallest absolute Gasteiger partial charge is 0.335 e. The van der Waals surface area contributed by atoms with Crippen LogP contribution in [0, 0.1) is 17.5 Å². The maximum absolute atomic E-state index is 13.9. The number of halogens is 7. The van der Waals surface area contributed by atoms with Gasteiger partial charge in [-0.25, -0.2) is 18.2 Å². The number of aromatic nitrogens is 2. The molecule has 4 rings (SSSR count). The number of nitrogens with two attached hydrogens (primary N) is 1. The molecule has 3 heterocycles. The third-order valence-corrected chi connectivity index (χ3v) is 6.66. The van der Waals surface area contributed by atoms with Crippen molar-refractivity contribution < 1.29 is 31.1 Å². The van der Waals surface area contributed by atoms with Gasteiger partial charge in [-0.2, -0.15) is 13.2 Å². The van der Waals surface area contributed by atoms with E-state index in [1.54, 1.807) is 11.4 Å². The van der Waals surface area contributed by atoms with Gasteiger partial charge in [0.15, 0.2) is 11.6 Å². The molecule has 2 aromatic heterocycles. The fourth-order valence-electron chi connectivity index (χ4n) is 3.90. The van der Waals surface area contributed by atoms with Crippen LogP contribution in [0.3, 0.4) is 0 Å². The lowest BCUT2D eigenvalue weighted by Crippen LogP contribution is -2.42. The minimum absolute atomic E-state index is 0.0195. The minimum atomic E-state index is -4.70. The van der Waals surface area contributed by atoms with E-state index in [0.29, 0.717) is 17.7 Å². The first-order chi connectivity index (χ1) is 16.0. The van der Waals surface area contributed by atoms with Crippen LogP contribution < -0.4 is 5.73 Å². The van der Waals surface area contributed by atoms with E-state index in [1.165, 1.54) is 4.90 Å². The second-order valence-electron chi connectivity index (χ2n) is 7.83. The maximum atomic E-state index is 13.9. The summed E-state index contributed by atoms with van der Waals surface area (Å²) >= 11 is 7.27. The van der Waals surface area contributed by atoms with Gasteiger partial charge in [-0.1, -0.05) is 11.6 Å². The van der Waals surface area contributed by atoms with Crippen molar-refractivity contribution in [1.29, 1.82) is 0 Å². The number of carbonyl (C=O) groups excluding carboxylic acids is 1. The van der Waals surface area contributed by atoms with Crippen LogP contribution in [0.4, 0.5) is 26.3 Å². The Morgan fingerprint density at radius 2 is 1.88 bits per heavy atom. The predicted octanol–water partition coefficient (Wildman–Crippen LogP) is 5.00. The van der Waals surface area contributed by atoms with Crippen molar-refractivity contribution >= 4 is 28.8 Å². The molecule has 0 radical (unpaired) electrons.